The number of nitrogens with zero attached hydrogens (tertiary/aromatic N) is 6. The van der Waals surface area contributed by atoms with Gasteiger partial charge in [0.1, 0.15) is 18.0 Å². The largest absolute Gasteiger partial charge is 0.491 e. The van der Waals surface area contributed by atoms with Crippen LogP contribution in [0.2, 0.25) is 0 Å². The SMILES string of the molecule is COc1cc(Nc2nccc(Nc3cc4ccccc4nc3C#N)n2)cnc1OC1CC(N(C)C)C1. The second kappa shape index (κ2) is 10.0. The van der Waals surface area contributed by atoms with Gasteiger partial charge in [-0.1, -0.05) is 18.2 Å². The predicted octanol–water partition coefficient (Wildman–Crippen LogP) is 4.26. The number of nitrogens with one attached hydrogen (secondary N) is 2. The molecule has 3 heterocycles. The quantitative estimate of drug-likeness (QED) is 0.377. The van der Waals surface area contributed by atoms with Crippen LogP contribution in [0.4, 0.5) is 23.1 Å². The topological polar surface area (TPSA) is 121 Å². The first kappa shape index (κ1) is 23.3. The van der Waals surface area contributed by atoms with Gasteiger partial charge in [0.25, 0.3) is 5.88 Å². The highest BCUT2D eigenvalue weighted by molar-refractivity contribution is 5.84. The first-order chi connectivity index (χ1) is 17.5. The van der Waals surface area contributed by atoms with Gasteiger partial charge in [0, 0.05) is 36.5 Å². The average Bonchev–Trinajstić information content (AvgIpc) is 2.86. The lowest BCUT2D eigenvalue weighted by molar-refractivity contribution is 0.0351. The Balaban J connectivity index is 1.30. The van der Waals surface area contributed by atoms with Crippen LogP contribution in [0.15, 0.2) is 54.9 Å². The smallest absolute Gasteiger partial charge is 0.257 e. The van der Waals surface area contributed by atoms with Gasteiger partial charge in [-0.25, -0.2) is 15.0 Å². The molecule has 0 radical (unpaired) electrons. The molecule has 0 saturated heterocycles. The van der Waals surface area contributed by atoms with Gasteiger partial charge in [-0.3, -0.25) is 0 Å². The molecule has 1 aliphatic rings. The summed E-state index contributed by atoms with van der Waals surface area (Å²) in [5.74, 6) is 1.87. The molecule has 0 spiro atoms. The Morgan fingerprint density at radius 1 is 1.06 bits per heavy atom. The number of hydrogen-bond donors (Lipinski definition) is 2. The summed E-state index contributed by atoms with van der Waals surface area (Å²) in [6.45, 7) is 0. The number of rotatable bonds is 8. The third-order valence-electron chi connectivity index (χ3n) is 6.12. The number of benzene rings is 1. The first-order valence-electron chi connectivity index (χ1n) is 11.6. The summed E-state index contributed by atoms with van der Waals surface area (Å²) >= 11 is 0. The van der Waals surface area contributed by atoms with Crippen LogP contribution in [0, 0.1) is 11.3 Å². The molecule has 1 fully saturated rings. The maximum atomic E-state index is 9.56. The molecule has 1 saturated carbocycles. The van der Waals surface area contributed by atoms with Crippen LogP contribution in [0.25, 0.3) is 10.9 Å². The first-order valence-corrected chi connectivity index (χ1v) is 11.6. The summed E-state index contributed by atoms with van der Waals surface area (Å²) in [5, 5.41) is 16.8. The molecule has 10 nitrogen and oxygen atoms in total. The van der Waals surface area contributed by atoms with Crippen LogP contribution < -0.4 is 20.1 Å². The van der Waals surface area contributed by atoms with E-state index in [1.54, 1.807) is 31.6 Å². The minimum atomic E-state index is 0.131. The van der Waals surface area contributed by atoms with E-state index in [0.717, 1.165) is 23.7 Å². The zero-order valence-corrected chi connectivity index (χ0v) is 20.3. The molecule has 0 atom stereocenters. The summed E-state index contributed by atoms with van der Waals surface area (Å²) in [5.41, 5.74) is 2.27. The predicted molar refractivity (Wildman–Crippen MR) is 137 cm³/mol. The van der Waals surface area contributed by atoms with Crippen molar-refractivity contribution >= 4 is 34.0 Å². The maximum absolute atomic E-state index is 9.56. The van der Waals surface area contributed by atoms with Crippen LogP contribution in [0.3, 0.4) is 0 Å². The Labute approximate surface area is 208 Å². The monoisotopic (exact) mass is 482 g/mol. The molecule has 4 aromatic rings. The Morgan fingerprint density at radius 3 is 2.67 bits per heavy atom. The minimum Gasteiger partial charge on any atom is -0.491 e. The third-order valence-corrected chi connectivity index (χ3v) is 6.12. The van der Waals surface area contributed by atoms with Crippen molar-refractivity contribution in [2.75, 3.05) is 31.8 Å². The van der Waals surface area contributed by atoms with Crippen molar-refractivity contribution in [3.05, 3.63) is 60.6 Å². The van der Waals surface area contributed by atoms with Crippen molar-refractivity contribution in [1.29, 1.82) is 5.26 Å². The lowest BCUT2D eigenvalue weighted by atomic mass is 9.88. The van der Waals surface area contributed by atoms with Crippen LogP contribution in [-0.4, -0.2) is 58.2 Å². The van der Waals surface area contributed by atoms with E-state index in [-0.39, 0.29) is 11.8 Å². The van der Waals surface area contributed by atoms with E-state index in [4.69, 9.17) is 9.47 Å². The molecule has 0 amide bonds. The summed E-state index contributed by atoms with van der Waals surface area (Å²) in [7, 11) is 5.74. The van der Waals surface area contributed by atoms with Gasteiger partial charge in [0.15, 0.2) is 11.4 Å². The number of aromatic nitrogens is 4. The standard InChI is InChI=1S/C26H26N8O2/c1-34(2)18-12-19(13-18)36-25-23(35-3)11-17(15-29-25)30-26-28-9-8-24(33-26)32-21-10-16-6-4-5-7-20(16)31-22(21)14-27/h4-11,15,18-19H,12-13H2,1-3H3,(H2,28,30,32,33). The van der Waals surface area contributed by atoms with Crippen LogP contribution in [0.5, 0.6) is 11.6 Å². The fourth-order valence-corrected chi connectivity index (χ4v) is 4.00. The van der Waals surface area contributed by atoms with Gasteiger partial charge in [-0.2, -0.15) is 10.2 Å². The number of anilines is 4. The van der Waals surface area contributed by atoms with Crippen LogP contribution >= 0.6 is 0 Å². The van der Waals surface area contributed by atoms with Crippen molar-refractivity contribution in [2.45, 2.75) is 25.0 Å². The van der Waals surface area contributed by atoms with E-state index in [0.29, 0.717) is 40.8 Å². The number of methoxy groups -OCH3 is 1. The normalized spacial score (nSPS) is 16.8. The van der Waals surface area contributed by atoms with E-state index in [9.17, 15) is 5.26 Å². The molecule has 0 unspecified atom stereocenters. The molecular formula is C26H26N8O2. The molecule has 1 aromatic carbocycles. The summed E-state index contributed by atoms with van der Waals surface area (Å²) < 4.78 is 11.5. The van der Waals surface area contributed by atoms with Gasteiger partial charge in [-0.05, 0) is 32.3 Å². The van der Waals surface area contributed by atoms with Crippen molar-refractivity contribution in [2.24, 2.45) is 0 Å². The molecule has 0 aliphatic heterocycles. The van der Waals surface area contributed by atoms with E-state index < -0.39 is 0 Å². The Bertz CT molecular complexity index is 1430. The third kappa shape index (κ3) is 4.96. The van der Waals surface area contributed by atoms with Gasteiger partial charge in [0.2, 0.25) is 5.95 Å². The summed E-state index contributed by atoms with van der Waals surface area (Å²) in [4.78, 5) is 19.9. The van der Waals surface area contributed by atoms with E-state index >= 15 is 0 Å². The minimum absolute atomic E-state index is 0.131. The molecule has 36 heavy (non-hydrogen) atoms. The molecule has 182 valence electrons. The van der Waals surface area contributed by atoms with Gasteiger partial charge >= 0.3 is 0 Å². The Morgan fingerprint density at radius 2 is 1.89 bits per heavy atom. The van der Waals surface area contributed by atoms with Crippen molar-refractivity contribution in [3.63, 3.8) is 0 Å². The van der Waals surface area contributed by atoms with Crippen LogP contribution in [-0.2, 0) is 0 Å². The number of hydrogen-bond acceptors (Lipinski definition) is 10. The number of para-hydroxylation sites is 1. The number of ether oxygens (including phenoxy) is 2. The lowest BCUT2D eigenvalue weighted by Gasteiger charge is -2.39. The fraction of sp³-hybridized carbons (Fsp3) is 0.269. The molecule has 5 rings (SSSR count). The Hall–Kier alpha value is -4.49. The molecule has 10 heteroatoms. The number of fused-ring (bicyclic) bond motifs is 1. The van der Waals surface area contributed by atoms with E-state index in [1.807, 2.05) is 30.3 Å². The molecule has 1 aliphatic carbocycles. The zero-order valence-electron chi connectivity index (χ0n) is 20.3. The highest BCUT2D eigenvalue weighted by Crippen LogP contribution is 2.34. The average molecular weight is 483 g/mol. The maximum Gasteiger partial charge on any atom is 0.257 e. The van der Waals surface area contributed by atoms with E-state index in [2.05, 4.69) is 55.6 Å². The summed E-state index contributed by atoms with van der Waals surface area (Å²) in [6.07, 6.45) is 5.34. The lowest BCUT2D eigenvalue weighted by Crippen LogP contribution is -2.46. The van der Waals surface area contributed by atoms with Crippen molar-refractivity contribution in [1.82, 2.24) is 24.8 Å². The Kier molecular flexibility index (Phi) is 6.47. The molecule has 2 N–H and O–H groups in total. The molecule has 0 bridgehead atoms. The van der Waals surface area contributed by atoms with Crippen LogP contribution in [0.1, 0.15) is 18.5 Å². The molecular weight excluding hydrogens is 456 g/mol. The molecule has 3 aromatic heterocycles. The van der Waals surface area contributed by atoms with Gasteiger partial charge < -0.3 is 25.0 Å². The van der Waals surface area contributed by atoms with E-state index in [1.165, 1.54) is 0 Å². The van der Waals surface area contributed by atoms with Crippen molar-refractivity contribution in [3.8, 4) is 17.7 Å². The highest BCUT2D eigenvalue weighted by atomic mass is 16.5. The highest BCUT2D eigenvalue weighted by Gasteiger charge is 2.33. The van der Waals surface area contributed by atoms with Crippen molar-refractivity contribution < 1.29 is 9.47 Å². The van der Waals surface area contributed by atoms with Gasteiger partial charge in [-0.15, -0.1) is 0 Å². The fourth-order valence-electron chi connectivity index (χ4n) is 4.00. The second-order valence-electron chi connectivity index (χ2n) is 8.76. The zero-order chi connectivity index (χ0) is 25.1. The summed E-state index contributed by atoms with van der Waals surface area (Å²) in [6, 6.07) is 15.7. The second-order valence-corrected chi connectivity index (χ2v) is 8.76. The van der Waals surface area contributed by atoms with Gasteiger partial charge in [0.05, 0.1) is 30.2 Å². The number of pyridine rings is 2. The number of nitriles is 1.